The molecule has 28 heavy (non-hydrogen) atoms. The van der Waals surface area contributed by atoms with Gasteiger partial charge in [0, 0.05) is 45.5 Å². The van der Waals surface area contributed by atoms with Crippen LogP contribution in [-0.4, -0.2) is 79.4 Å². The van der Waals surface area contributed by atoms with E-state index in [0.29, 0.717) is 32.4 Å². The number of hydrogen-bond acceptors (Lipinski definition) is 5. The monoisotopic (exact) mass is 390 g/mol. The van der Waals surface area contributed by atoms with Gasteiger partial charge in [0.1, 0.15) is 0 Å². The summed E-state index contributed by atoms with van der Waals surface area (Å²) in [6, 6.07) is 5.82. The van der Waals surface area contributed by atoms with Gasteiger partial charge in [-0.3, -0.25) is 4.98 Å². The van der Waals surface area contributed by atoms with Crippen LogP contribution in [0, 0.1) is 0 Å². The van der Waals surface area contributed by atoms with Gasteiger partial charge in [-0.15, -0.1) is 0 Å². The Hall–Kier alpha value is -1.70. The molecule has 1 atom stereocenters. The van der Waals surface area contributed by atoms with Crippen LogP contribution in [-0.2, 0) is 16.1 Å². The van der Waals surface area contributed by atoms with E-state index in [-0.39, 0.29) is 12.1 Å². The van der Waals surface area contributed by atoms with E-state index < -0.39 is 0 Å². The highest BCUT2D eigenvalue weighted by molar-refractivity contribution is 5.74. The molecule has 1 aromatic rings. The second-order valence-corrected chi connectivity index (χ2v) is 7.80. The summed E-state index contributed by atoms with van der Waals surface area (Å²) in [5.74, 6) is 0. The van der Waals surface area contributed by atoms with Gasteiger partial charge in [0.2, 0.25) is 0 Å². The average Bonchev–Trinajstić information content (AvgIpc) is 2.74. The molecule has 3 rings (SSSR count). The summed E-state index contributed by atoms with van der Waals surface area (Å²) in [5, 5.41) is 3.02. The van der Waals surface area contributed by atoms with Crippen molar-refractivity contribution in [2.24, 2.45) is 0 Å². The average molecular weight is 391 g/mol. The summed E-state index contributed by atoms with van der Waals surface area (Å²) < 4.78 is 11.9. The molecule has 0 aliphatic carbocycles. The second kappa shape index (κ2) is 11.3. The number of amides is 2. The lowest BCUT2D eigenvalue weighted by molar-refractivity contribution is -0.00204. The normalized spacial score (nSPS) is 21.6. The molecule has 7 heteroatoms. The quantitative estimate of drug-likeness (QED) is 0.690. The smallest absolute Gasteiger partial charge is 0.317 e. The summed E-state index contributed by atoms with van der Waals surface area (Å²) in [6.45, 7) is 5.52. The van der Waals surface area contributed by atoms with Crippen LogP contribution in [0.4, 0.5) is 4.79 Å². The van der Waals surface area contributed by atoms with E-state index >= 15 is 0 Å². The number of pyridine rings is 1. The molecular weight excluding hydrogens is 356 g/mol. The zero-order valence-electron chi connectivity index (χ0n) is 17.0. The number of aromatic nitrogens is 1. The largest absolute Gasteiger partial charge is 0.378 e. The van der Waals surface area contributed by atoms with Gasteiger partial charge in [0.25, 0.3) is 0 Å². The second-order valence-electron chi connectivity index (χ2n) is 7.80. The third-order valence-electron chi connectivity index (χ3n) is 5.47. The summed E-state index contributed by atoms with van der Waals surface area (Å²) >= 11 is 0. The maximum absolute atomic E-state index is 12.4. The number of likely N-dealkylation sites (tertiary alicyclic amines) is 2. The molecule has 156 valence electrons. The van der Waals surface area contributed by atoms with Crippen LogP contribution in [0.25, 0.3) is 0 Å². The summed E-state index contributed by atoms with van der Waals surface area (Å²) in [7, 11) is 2.15. The molecule has 0 radical (unpaired) electrons. The highest BCUT2D eigenvalue weighted by Gasteiger charge is 2.24. The maximum atomic E-state index is 12.4. The third-order valence-corrected chi connectivity index (χ3v) is 5.47. The first-order valence-corrected chi connectivity index (χ1v) is 10.5. The van der Waals surface area contributed by atoms with Crippen LogP contribution >= 0.6 is 0 Å². The molecule has 2 fully saturated rings. The number of nitrogens with zero attached hydrogens (tertiary/aromatic N) is 3. The molecule has 2 saturated heterocycles. The molecule has 0 unspecified atom stereocenters. The minimum absolute atomic E-state index is 0.00503. The van der Waals surface area contributed by atoms with E-state index in [0.717, 1.165) is 57.4 Å². The van der Waals surface area contributed by atoms with Gasteiger partial charge < -0.3 is 24.6 Å². The summed E-state index contributed by atoms with van der Waals surface area (Å²) in [5.41, 5.74) is 0.925. The van der Waals surface area contributed by atoms with Crippen LogP contribution in [0.2, 0.25) is 0 Å². The van der Waals surface area contributed by atoms with Crippen molar-refractivity contribution >= 4 is 6.03 Å². The number of piperidine rings is 2. The van der Waals surface area contributed by atoms with Gasteiger partial charge in [-0.1, -0.05) is 6.07 Å². The molecule has 0 saturated carbocycles. The minimum Gasteiger partial charge on any atom is -0.378 e. The number of urea groups is 1. The number of ether oxygens (including phenoxy) is 2. The lowest BCUT2D eigenvalue weighted by Crippen LogP contribution is -2.48. The fourth-order valence-corrected chi connectivity index (χ4v) is 3.73. The molecule has 2 aliphatic rings. The first kappa shape index (κ1) is 21.0. The molecule has 2 amide bonds. The Morgan fingerprint density at radius 2 is 2.04 bits per heavy atom. The molecule has 1 N–H and O–H groups in total. The summed E-state index contributed by atoms with van der Waals surface area (Å²) in [6.07, 6.45) is 7.26. The van der Waals surface area contributed by atoms with Crippen molar-refractivity contribution in [3.8, 4) is 0 Å². The minimum atomic E-state index is 0.00503. The van der Waals surface area contributed by atoms with Gasteiger partial charge in [-0.25, -0.2) is 4.79 Å². The van der Waals surface area contributed by atoms with Crippen LogP contribution in [0.15, 0.2) is 24.4 Å². The fourth-order valence-electron chi connectivity index (χ4n) is 3.73. The number of hydrogen-bond donors (Lipinski definition) is 1. The molecular formula is C21H34N4O3. The van der Waals surface area contributed by atoms with Gasteiger partial charge in [-0.05, 0) is 51.3 Å². The highest BCUT2D eigenvalue weighted by atomic mass is 16.5. The Morgan fingerprint density at radius 3 is 2.82 bits per heavy atom. The molecule has 2 aliphatic heterocycles. The zero-order chi connectivity index (χ0) is 19.6. The molecule has 7 nitrogen and oxygen atoms in total. The Labute approximate surface area is 168 Å². The van der Waals surface area contributed by atoms with Crippen molar-refractivity contribution in [2.75, 3.05) is 46.4 Å². The predicted octanol–water partition coefficient (Wildman–Crippen LogP) is 2.27. The Morgan fingerprint density at radius 1 is 1.18 bits per heavy atom. The van der Waals surface area contributed by atoms with Crippen molar-refractivity contribution in [1.82, 2.24) is 20.1 Å². The topological polar surface area (TPSA) is 66.9 Å². The first-order chi connectivity index (χ1) is 13.7. The molecule has 0 aromatic carbocycles. The fraction of sp³-hybridized carbons (Fsp3) is 0.714. The molecule has 1 aromatic heterocycles. The maximum Gasteiger partial charge on any atom is 0.317 e. The zero-order valence-corrected chi connectivity index (χ0v) is 17.0. The van der Waals surface area contributed by atoms with E-state index in [9.17, 15) is 4.79 Å². The number of carbonyl (C=O) groups is 1. The Balaban J connectivity index is 1.27. The lowest BCUT2D eigenvalue weighted by atomic mass is 10.1. The number of rotatable bonds is 8. The van der Waals surface area contributed by atoms with Crippen molar-refractivity contribution < 1.29 is 14.3 Å². The predicted molar refractivity (Wildman–Crippen MR) is 108 cm³/mol. The van der Waals surface area contributed by atoms with E-state index in [1.807, 2.05) is 23.1 Å². The summed E-state index contributed by atoms with van der Waals surface area (Å²) in [4.78, 5) is 20.9. The lowest BCUT2D eigenvalue weighted by Gasteiger charge is -2.32. The van der Waals surface area contributed by atoms with Gasteiger partial charge >= 0.3 is 6.03 Å². The third kappa shape index (κ3) is 7.04. The van der Waals surface area contributed by atoms with Crippen molar-refractivity contribution in [1.29, 1.82) is 0 Å². The van der Waals surface area contributed by atoms with Crippen LogP contribution in [0.5, 0.6) is 0 Å². The van der Waals surface area contributed by atoms with E-state index in [1.54, 1.807) is 6.20 Å². The van der Waals surface area contributed by atoms with Crippen LogP contribution < -0.4 is 5.32 Å². The van der Waals surface area contributed by atoms with Gasteiger partial charge in [0.15, 0.2) is 0 Å². The van der Waals surface area contributed by atoms with Crippen molar-refractivity contribution in [2.45, 2.75) is 50.9 Å². The van der Waals surface area contributed by atoms with E-state index in [2.05, 4.69) is 22.2 Å². The van der Waals surface area contributed by atoms with Crippen molar-refractivity contribution in [3.63, 3.8) is 0 Å². The van der Waals surface area contributed by atoms with E-state index in [4.69, 9.17) is 9.47 Å². The standard InChI is InChI=1S/C21H34N4O3/c1-24-13-8-19(9-14-24)27-15-5-11-23-21(26)25-12-4-7-20(16-25)28-17-18-6-2-3-10-22-18/h2-3,6,10,19-20H,4-5,7-9,11-17H2,1H3,(H,23,26)/t20-/m0/s1. The molecule has 0 spiro atoms. The molecule has 3 heterocycles. The van der Waals surface area contributed by atoms with Crippen LogP contribution in [0.3, 0.4) is 0 Å². The number of carbonyl (C=O) groups excluding carboxylic acids is 1. The highest BCUT2D eigenvalue weighted by Crippen LogP contribution is 2.15. The van der Waals surface area contributed by atoms with Gasteiger partial charge in [-0.2, -0.15) is 0 Å². The SMILES string of the molecule is CN1CCC(OCCCNC(=O)N2CCC[C@H](OCc3ccccn3)C2)CC1. The number of nitrogens with one attached hydrogen (secondary N) is 1. The Bertz CT molecular complexity index is 578. The first-order valence-electron chi connectivity index (χ1n) is 10.5. The van der Waals surface area contributed by atoms with E-state index in [1.165, 1.54) is 0 Å². The molecule has 0 bridgehead atoms. The van der Waals surface area contributed by atoms with Crippen LogP contribution in [0.1, 0.15) is 37.8 Å². The van der Waals surface area contributed by atoms with Gasteiger partial charge in [0.05, 0.1) is 24.5 Å². The van der Waals surface area contributed by atoms with Crippen molar-refractivity contribution in [3.05, 3.63) is 30.1 Å². The Kier molecular flexibility index (Phi) is 8.51.